The standard InChI is InChI=1S/C17H19N3O4/c1-22-15-7-8-16(19-18-15)24-14-9-10-20(11-14)17(21)12-23-13-5-3-2-4-6-13/h2-8,14H,9-12H2,1H3/t14-/m1/s1. The van der Waals surface area contributed by atoms with Gasteiger partial charge in [0.15, 0.2) is 6.61 Å². The van der Waals surface area contributed by atoms with Crippen LogP contribution in [0.4, 0.5) is 0 Å². The van der Waals surface area contributed by atoms with Crippen LogP contribution in [0.25, 0.3) is 0 Å². The predicted octanol–water partition coefficient (Wildman–Crippen LogP) is 1.54. The van der Waals surface area contributed by atoms with Crippen molar-refractivity contribution in [2.45, 2.75) is 12.5 Å². The Morgan fingerprint density at radius 1 is 1.17 bits per heavy atom. The van der Waals surface area contributed by atoms with Crippen molar-refractivity contribution in [1.29, 1.82) is 0 Å². The maximum absolute atomic E-state index is 12.2. The Bertz CT molecular complexity index is 663. The van der Waals surface area contributed by atoms with Gasteiger partial charge < -0.3 is 19.1 Å². The number of benzene rings is 1. The van der Waals surface area contributed by atoms with Gasteiger partial charge in [-0.15, -0.1) is 10.2 Å². The SMILES string of the molecule is COc1ccc(O[C@@H]2CCN(C(=O)COc3ccccc3)C2)nn1. The highest BCUT2D eigenvalue weighted by Crippen LogP contribution is 2.18. The summed E-state index contributed by atoms with van der Waals surface area (Å²) < 4.78 is 16.2. The second kappa shape index (κ2) is 7.63. The summed E-state index contributed by atoms with van der Waals surface area (Å²) in [6, 6.07) is 12.7. The first kappa shape index (κ1) is 16.0. The minimum atomic E-state index is -0.0895. The molecule has 1 aromatic carbocycles. The molecule has 3 rings (SSSR count). The first-order valence-electron chi connectivity index (χ1n) is 7.74. The monoisotopic (exact) mass is 329 g/mol. The lowest BCUT2D eigenvalue weighted by Gasteiger charge is -2.17. The highest BCUT2D eigenvalue weighted by atomic mass is 16.5. The first-order valence-corrected chi connectivity index (χ1v) is 7.74. The fourth-order valence-electron chi connectivity index (χ4n) is 2.45. The molecule has 0 spiro atoms. The van der Waals surface area contributed by atoms with Crippen LogP contribution in [0.5, 0.6) is 17.5 Å². The van der Waals surface area contributed by atoms with Gasteiger partial charge in [-0.25, -0.2) is 0 Å². The van der Waals surface area contributed by atoms with Crippen LogP contribution in [0, 0.1) is 0 Å². The van der Waals surface area contributed by atoms with Crippen molar-refractivity contribution in [1.82, 2.24) is 15.1 Å². The number of nitrogens with zero attached hydrogens (tertiary/aromatic N) is 3. The number of hydrogen-bond acceptors (Lipinski definition) is 6. The smallest absolute Gasteiger partial charge is 0.260 e. The average Bonchev–Trinajstić information content (AvgIpc) is 3.10. The molecular formula is C17H19N3O4. The molecule has 1 saturated heterocycles. The van der Waals surface area contributed by atoms with E-state index in [2.05, 4.69) is 10.2 Å². The van der Waals surface area contributed by atoms with Crippen molar-refractivity contribution < 1.29 is 19.0 Å². The van der Waals surface area contributed by atoms with Crippen molar-refractivity contribution >= 4 is 5.91 Å². The number of amides is 1. The van der Waals surface area contributed by atoms with E-state index in [1.807, 2.05) is 30.3 Å². The van der Waals surface area contributed by atoms with E-state index in [1.54, 1.807) is 17.0 Å². The number of para-hydroxylation sites is 1. The highest BCUT2D eigenvalue weighted by Gasteiger charge is 2.28. The Kier molecular flexibility index (Phi) is 5.10. The summed E-state index contributed by atoms with van der Waals surface area (Å²) in [5.41, 5.74) is 0. The van der Waals surface area contributed by atoms with E-state index in [4.69, 9.17) is 14.2 Å². The summed E-state index contributed by atoms with van der Waals surface area (Å²) in [5.74, 6) is 1.50. The van der Waals surface area contributed by atoms with Gasteiger partial charge in [0, 0.05) is 25.1 Å². The highest BCUT2D eigenvalue weighted by molar-refractivity contribution is 5.78. The molecule has 2 heterocycles. The Balaban J connectivity index is 1.46. The maximum Gasteiger partial charge on any atom is 0.260 e. The quantitative estimate of drug-likeness (QED) is 0.800. The van der Waals surface area contributed by atoms with Gasteiger partial charge in [-0.05, 0) is 12.1 Å². The lowest BCUT2D eigenvalue weighted by molar-refractivity contribution is -0.132. The van der Waals surface area contributed by atoms with Gasteiger partial charge in [0.25, 0.3) is 5.91 Å². The van der Waals surface area contributed by atoms with Crippen molar-refractivity contribution in [2.24, 2.45) is 0 Å². The Morgan fingerprint density at radius 3 is 2.62 bits per heavy atom. The molecule has 0 bridgehead atoms. The van der Waals surface area contributed by atoms with Gasteiger partial charge >= 0.3 is 0 Å². The first-order chi connectivity index (χ1) is 11.7. The molecule has 0 radical (unpaired) electrons. The van der Waals surface area contributed by atoms with Crippen molar-refractivity contribution in [3.05, 3.63) is 42.5 Å². The molecule has 0 aliphatic carbocycles. The minimum absolute atomic E-state index is 0.0269. The van der Waals surface area contributed by atoms with Crippen LogP contribution in [-0.4, -0.2) is 53.9 Å². The zero-order valence-corrected chi connectivity index (χ0v) is 13.4. The van der Waals surface area contributed by atoms with Gasteiger partial charge in [-0.2, -0.15) is 0 Å². The summed E-state index contributed by atoms with van der Waals surface area (Å²) in [4.78, 5) is 13.9. The molecule has 1 atom stereocenters. The Labute approximate surface area is 140 Å². The van der Waals surface area contributed by atoms with Crippen LogP contribution in [0.3, 0.4) is 0 Å². The molecule has 1 fully saturated rings. The molecule has 2 aromatic rings. The van der Waals surface area contributed by atoms with Crippen molar-refractivity contribution in [2.75, 3.05) is 26.8 Å². The topological polar surface area (TPSA) is 73.8 Å². The maximum atomic E-state index is 12.2. The summed E-state index contributed by atoms with van der Waals surface area (Å²) in [7, 11) is 1.53. The predicted molar refractivity (Wildman–Crippen MR) is 86.1 cm³/mol. The molecule has 7 nitrogen and oxygen atoms in total. The number of carbonyl (C=O) groups is 1. The van der Waals surface area contributed by atoms with E-state index in [0.29, 0.717) is 30.6 Å². The molecule has 1 amide bonds. The van der Waals surface area contributed by atoms with Gasteiger partial charge in [-0.3, -0.25) is 4.79 Å². The van der Waals surface area contributed by atoms with Crippen LogP contribution >= 0.6 is 0 Å². The molecule has 0 unspecified atom stereocenters. The minimum Gasteiger partial charge on any atom is -0.484 e. The summed E-state index contributed by atoms with van der Waals surface area (Å²) >= 11 is 0. The largest absolute Gasteiger partial charge is 0.484 e. The summed E-state index contributed by atoms with van der Waals surface area (Å²) in [6.07, 6.45) is 0.665. The molecule has 24 heavy (non-hydrogen) atoms. The Hall–Kier alpha value is -2.83. The van der Waals surface area contributed by atoms with E-state index < -0.39 is 0 Å². The van der Waals surface area contributed by atoms with Crippen LogP contribution in [0.1, 0.15) is 6.42 Å². The second-order valence-electron chi connectivity index (χ2n) is 5.38. The molecule has 1 aliphatic rings. The van der Waals surface area contributed by atoms with Crippen LogP contribution in [-0.2, 0) is 4.79 Å². The molecular weight excluding hydrogens is 310 g/mol. The number of aromatic nitrogens is 2. The van der Waals surface area contributed by atoms with Gasteiger partial charge in [0.1, 0.15) is 11.9 Å². The third-order valence-electron chi connectivity index (χ3n) is 3.72. The summed E-state index contributed by atoms with van der Waals surface area (Å²) in [6.45, 7) is 1.19. The fraction of sp³-hybridized carbons (Fsp3) is 0.353. The van der Waals surface area contributed by atoms with Crippen molar-refractivity contribution in [3.63, 3.8) is 0 Å². The number of ether oxygens (including phenoxy) is 3. The zero-order valence-electron chi connectivity index (χ0n) is 13.4. The van der Waals surface area contributed by atoms with E-state index >= 15 is 0 Å². The Morgan fingerprint density at radius 2 is 1.92 bits per heavy atom. The third kappa shape index (κ3) is 4.13. The van der Waals surface area contributed by atoms with E-state index in [1.165, 1.54) is 7.11 Å². The second-order valence-corrected chi connectivity index (χ2v) is 5.38. The molecule has 7 heteroatoms. The summed E-state index contributed by atoms with van der Waals surface area (Å²) in [5, 5.41) is 7.79. The molecule has 0 N–H and O–H groups in total. The molecule has 1 aromatic heterocycles. The molecule has 0 saturated carbocycles. The van der Waals surface area contributed by atoms with Crippen LogP contribution in [0.15, 0.2) is 42.5 Å². The lowest BCUT2D eigenvalue weighted by Crippen LogP contribution is -2.34. The van der Waals surface area contributed by atoms with E-state index in [0.717, 1.165) is 6.42 Å². The van der Waals surface area contributed by atoms with Crippen LogP contribution in [0.2, 0.25) is 0 Å². The number of carbonyl (C=O) groups excluding carboxylic acids is 1. The van der Waals surface area contributed by atoms with E-state index in [-0.39, 0.29) is 18.6 Å². The molecule has 126 valence electrons. The lowest BCUT2D eigenvalue weighted by atomic mass is 10.3. The number of likely N-dealkylation sites (tertiary alicyclic amines) is 1. The normalized spacial score (nSPS) is 16.7. The van der Waals surface area contributed by atoms with E-state index in [9.17, 15) is 4.79 Å². The van der Waals surface area contributed by atoms with Gasteiger partial charge in [0.05, 0.1) is 13.7 Å². The number of hydrogen-bond donors (Lipinski definition) is 0. The average molecular weight is 329 g/mol. The van der Waals surface area contributed by atoms with Crippen LogP contribution < -0.4 is 14.2 Å². The van der Waals surface area contributed by atoms with Gasteiger partial charge in [0.2, 0.25) is 11.8 Å². The van der Waals surface area contributed by atoms with Crippen molar-refractivity contribution in [3.8, 4) is 17.5 Å². The number of methoxy groups -OCH3 is 1. The zero-order chi connectivity index (χ0) is 16.8. The number of rotatable bonds is 6. The third-order valence-corrected chi connectivity index (χ3v) is 3.72. The molecule has 1 aliphatic heterocycles. The van der Waals surface area contributed by atoms with Gasteiger partial charge in [-0.1, -0.05) is 18.2 Å². The fourth-order valence-corrected chi connectivity index (χ4v) is 2.45.